The molecule has 0 saturated carbocycles. The molecule has 1 unspecified atom stereocenters. The van der Waals surface area contributed by atoms with Crippen molar-refractivity contribution in [1.82, 2.24) is 19.7 Å². The second kappa shape index (κ2) is 5.38. The number of aryl methyl sites for hydroxylation is 3. The van der Waals surface area contributed by atoms with E-state index in [9.17, 15) is 4.79 Å². The summed E-state index contributed by atoms with van der Waals surface area (Å²) < 4.78 is 1.76. The van der Waals surface area contributed by atoms with Gasteiger partial charge in [-0.05, 0) is 38.7 Å². The molecule has 3 heterocycles. The normalized spacial score (nSPS) is 18.6. The van der Waals surface area contributed by atoms with E-state index in [1.807, 2.05) is 31.9 Å². The number of carbonyl (C=O) groups is 1. The molecule has 0 N–H and O–H groups in total. The highest BCUT2D eigenvalue weighted by Gasteiger charge is 2.32. The quantitative estimate of drug-likeness (QED) is 0.857. The fourth-order valence-corrected chi connectivity index (χ4v) is 3.63. The molecule has 1 atom stereocenters. The van der Waals surface area contributed by atoms with Gasteiger partial charge in [-0.3, -0.25) is 9.48 Å². The third-order valence-corrected chi connectivity index (χ3v) is 4.66. The van der Waals surface area contributed by atoms with Crippen LogP contribution in [0.1, 0.15) is 48.4 Å². The van der Waals surface area contributed by atoms with E-state index in [0.29, 0.717) is 12.0 Å². The van der Waals surface area contributed by atoms with Crippen LogP contribution in [0.5, 0.6) is 0 Å². The number of nitrogens with zero attached hydrogens (tertiary/aromatic N) is 4. The Hall–Kier alpha value is -1.91. The van der Waals surface area contributed by atoms with Gasteiger partial charge in [0.05, 0.1) is 16.6 Å². The lowest BCUT2D eigenvalue weighted by molar-refractivity contribution is 0.0703. The Balaban J connectivity index is 2.11. The number of aromatic nitrogens is 3. The average Bonchev–Trinajstić information content (AvgIpc) is 3.03. The zero-order chi connectivity index (χ0) is 16.0. The highest BCUT2D eigenvalue weighted by molar-refractivity contribution is 6.06. The highest BCUT2D eigenvalue weighted by atomic mass is 16.2. The average molecular weight is 300 g/mol. The summed E-state index contributed by atoms with van der Waals surface area (Å²) in [5.74, 6) is 0.614. The highest BCUT2D eigenvalue weighted by Crippen LogP contribution is 2.29. The van der Waals surface area contributed by atoms with Gasteiger partial charge in [0.2, 0.25) is 0 Å². The molecule has 0 aromatic carbocycles. The van der Waals surface area contributed by atoms with E-state index < -0.39 is 0 Å². The minimum absolute atomic E-state index is 0.128. The minimum atomic E-state index is 0.128. The van der Waals surface area contributed by atoms with Crippen LogP contribution >= 0.6 is 0 Å². The number of amides is 1. The Kier molecular flexibility index (Phi) is 3.67. The zero-order valence-corrected chi connectivity index (χ0v) is 14.1. The summed E-state index contributed by atoms with van der Waals surface area (Å²) in [6.07, 6.45) is 2.19. The third kappa shape index (κ3) is 2.28. The summed E-state index contributed by atoms with van der Waals surface area (Å²) in [7, 11) is 1.88. The number of carbonyl (C=O) groups excluding carboxylic acids is 1. The minimum Gasteiger partial charge on any atom is -0.335 e. The fourth-order valence-electron chi connectivity index (χ4n) is 3.63. The number of rotatable bonds is 2. The van der Waals surface area contributed by atoms with Crippen molar-refractivity contribution in [3.8, 4) is 0 Å². The van der Waals surface area contributed by atoms with Gasteiger partial charge in [0.1, 0.15) is 0 Å². The predicted molar refractivity (Wildman–Crippen MR) is 86.9 cm³/mol. The summed E-state index contributed by atoms with van der Waals surface area (Å²) in [6.45, 7) is 9.12. The van der Waals surface area contributed by atoms with E-state index in [2.05, 4.69) is 23.9 Å². The zero-order valence-electron chi connectivity index (χ0n) is 14.1. The Morgan fingerprint density at radius 3 is 2.77 bits per heavy atom. The van der Waals surface area contributed by atoms with Crippen molar-refractivity contribution in [3.05, 3.63) is 23.0 Å². The maximum Gasteiger partial charge on any atom is 0.254 e. The number of likely N-dealkylation sites (tertiary alicyclic amines) is 1. The van der Waals surface area contributed by atoms with Gasteiger partial charge in [-0.1, -0.05) is 13.8 Å². The Labute approximate surface area is 131 Å². The molecule has 1 aliphatic rings. The van der Waals surface area contributed by atoms with Crippen LogP contribution in [-0.4, -0.2) is 38.2 Å². The number of hydrogen-bond donors (Lipinski definition) is 0. The van der Waals surface area contributed by atoms with Crippen LogP contribution in [0.2, 0.25) is 0 Å². The molecule has 0 spiro atoms. The molecule has 1 amide bonds. The molecule has 1 aliphatic heterocycles. The van der Waals surface area contributed by atoms with Crippen molar-refractivity contribution in [2.45, 2.75) is 46.6 Å². The van der Waals surface area contributed by atoms with Crippen LogP contribution in [0.15, 0.2) is 6.07 Å². The molecule has 2 aromatic rings. The van der Waals surface area contributed by atoms with Gasteiger partial charge in [-0.25, -0.2) is 4.98 Å². The van der Waals surface area contributed by atoms with Gasteiger partial charge >= 0.3 is 0 Å². The molecular formula is C17H24N4O. The van der Waals surface area contributed by atoms with Gasteiger partial charge in [-0.2, -0.15) is 5.10 Å². The van der Waals surface area contributed by atoms with E-state index in [4.69, 9.17) is 0 Å². The molecule has 5 nitrogen and oxygen atoms in total. The van der Waals surface area contributed by atoms with Crippen molar-refractivity contribution in [2.75, 3.05) is 6.54 Å². The van der Waals surface area contributed by atoms with Crippen molar-refractivity contribution < 1.29 is 4.79 Å². The van der Waals surface area contributed by atoms with Crippen LogP contribution in [0, 0.1) is 19.8 Å². The molecule has 0 bridgehead atoms. The summed E-state index contributed by atoms with van der Waals surface area (Å²) in [5.41, 5.74) is 3.27. The topological polar surface area (TPSA) is 51.0 Å². The lowest BCUT2D eigenvalue weighted by atomic mass is 10.0. The van der Waals surface area contributed by atoms with E-state index in [1.165, 1.54) is 0 Å². The van der Waals surface area contributed by atoms with Crippen LogP contribution in [0.3, 0.4) is 0 Å². The Morgan fingerprint density at radius 2 is 2.09 bits per heavy atom. The SMILES string of the molecule is Cc1cc(C(=O)N2CCCC2C(C)C)c2c(C)nn(C)c2n1. The molecule has 1 saturated heterocycles. The monoisotopic (exact) mass is 300 g/mol. The van der Waals surface area contributed by atoms with E-state index in [0.717, 1.165) is 47.4 Å². The maximum atomic E-state index is 13.2. The lowest BCUT2D eigenvalue weighted by Gasteiger charge is -2.28. The molecule has 22 heavy (non-hydrogen) atoms. The first-order chi connectivity index (χ1) is 10.4. The first-order valence-corrected chi connectivity index (χ1v) is 8.02. The fraction of sp³-hybridized carbons (Fsp3) is 0.588. The molecule has 2 aromatic heterocycles. The van der Waals surface area contributed by atoms with Crippen molar-refractivity contribution in [2.24, 2.45) is 13.0 Å². The summed E-state index contributed by atoms with van der Waals surface area (Å²) >= 11 is 0. The van der Waals surface area contributed by atoms with Gasteiger partial charge in [0.15, 0.2) is 5.65 Å². The second-order valence-electron chi connectivity index (χ2n) is 6.67. The standard InChI is InChI=1S/C17H24N4O/c1-10(2)14-7-6-8-21(14)17(22)13-9-11(3)18-16-15(13)12(4)19-20(16)5/h9-10,14H,6-8H2,1-5H3. The van der Waals surface area contributed by atoms with E-state index >= 15 is 0 Å². The molecule has 5 heteroatoms. The largest absolute Gasteiger partial charge is 0.335 e. The molecule has 0 aliphatic carbocycles. The van der Waals surface area contributed by atoms with Crippen molar-refractivity contribution in [1.29, 1.82) is 0 Å². The molecule has 0 radical (unpaired) electrons. The van der Waals surface area contributed by atoms with Crippen molar-refractivity contribution >= 4 is 16.9 Å². The van der Waals surface area contributed by atoms with E-state index in [-0.39, 0.29) is 5.91 Å². The number of pyridine rings is 1. The Morgan fingerprint density at radius 1 is 1.36 bits per heavy atom. The first kappa shape index (κ1) is 15.0. The van der Waals surface area contributed by atoms with Crippen LogP contribution in [0.25, 0.3) is 11.0 Å². The second-order valence-corrected chi connectivity index (χ2v) is 6.67. The van der Waals surface area contributed by atoms with Gasteiger partial charge in [0, 0.05) is 25.3 Å². The molecule has 118 valence electrons. The predicted octanol–water partition coefficient (Wildman–Crippen LogP) is 2.85. The molecule has 1 fully saturated rings. The third-order valence-electron chi connectivity index (χ3n) is 4.66. The molecule has 3 rings (SSSR count). The first-order valence-electron chi connectivity index (χ1n) is 8.02. The summed E-state index contributed by atoms with van der Waals surface area (Å²) in [4.78, 5) is 19.7. The summed E-state index contributed by atoms with van der Waals surface area (Å²) in [5, 5.41) is 5.33. The van der Waals surface area contributed by atoms with Crippen LogP contribution in [-0.2, 0) is 7.05 Å². The summed E-state index contributed by atoms with van der Waals surface area (Å²) in [6, 6.07) is 2.25. The molecular weight excluding hydrogens is 276 g/mol. The van der Waals surface area contributed by atoms with Gasteiger partial charge in [-0.15, -0.1) is 0 Å². The van der Waals surface area contributed by atoms with Gasteiger partial charge < -0.3 is 4.90 Å². The van der Waals surface area contributed by atoms with E-state index in [1.54, 1.807) is 4.68 Å². The van der Waals surface area contributed by atoms with Gasteiger partial charge in [0.25, 0.3) is 5.91 Å². The number of hydrogen-bond acceptors (Lipinski definition) is 3. The Bertz CT molecular complexity index is 732. The lowest BCUT2D eigenvalue weighted by Crippen LogP contribution is -2.38. The number of fused-ring (bicyclic) bond motifs is 1. The van der Waals surface area contributed by atoms with Crippen LogP contribution < -0.4 is 0 Å². The van der Waals surface area contributed by atoms with Crippen molar-refractivity contribution in [3.63, 3.8) is 0 Å². The van der Waals surface area contributed by atoms with Crippen LogP contribution in [0.4, 0.5) is 0 Å². The smallest absolute Gasteiger partial charge is 0.254 e. The maximum absolute atomic E-state index is 13.2.